The molecule has 2 aliphatic rings. The zero-order chi connectivity index (χ0) is 22.8. The van der Waals surface area contributed by atoms with Crippen LogP contribution in [0.15, 0.2) is 18.2 Å². The van der Waals surface area contributed by atoms with Gasteiger partial charge in [0.15, 0.2) is 23.2 Å². The number of fused-ring (bicyclic) bond motifs is 1. The number of carboxylic acid groups (broad SMARTS) is 1. The first kappa shape index (κ1) is 22.0. The van der Waals surface area contributed by atoms with Gasteiger partial charge in [-0.15, -0.1) is 0 Å². The third-order valence-electron chi connectivity index (χ3n) is 5.62. The molecule has 172 valence electrons. The topological polar surface area (TPSA) is 90.8 Å². The number of anilines is 2. The quantitative estimate of drug-likeness (QED) is 0.723. The van der Waals surface area contributed by atoms with E-state index in [1.165, 1.54) is 17.0 Å². The molecule has 0 atom stereocenters. The van der Waals surface area contributed by atoms with Crippen molar-refractivity contribution in [2.45, 2.75) is 51.8 Å². The number of halogens is 2. The van der Waals surface area contributed by atoms with Crippen LogP contribution in [0, 0.1) is 11.6 Å². The molecule has 3 heterocycles. The van der Waals surface area contributed by atoms with Gasteiger partial charge < -0.3 is 25.0 Å². The van der Waals surface area contributed by atoms with Gasteiger partial charge >= 0.3 is 6.09 Å². The van der Waals surface area contributed by atoms with Gasteiger partial charge in [0.1, 0.15) is 11.9 Å². The molecule has 1 saturated heterocycles. The molecule has 0 radical (unpaired) electrons. The maximum atomic E-state index is 13.9. The molecule has 4 rings (SSSR count). The van der Waals surface area contributed by atoms with Gasteiger partial charge in [0.25, 0.3) is 0 Å². The van der Waals surface area contributed by atoms with Crippen molar-refractivity contribution < 1.29 is 23.4 Å². The molecule has 0 unspecified atom stereocenters. The summed E-state index contributed by atoms with van der Waals surface area (Å²) in [5, 5.41) is 12.6. The predicted octanol–water partition coefficient (Wildman–Crippen LogP) is 3.66. The van der Waals surface area contributed by atoms with E-state index >= 15 is 0 Å². The second kappa shape index (κ2) is 9.13. The summed E-state index contributed by atoms with van der Waals surface area (Å²) in [6, 6.07) is 3.45. The van der Waals surface area contributed by atoms with Gasteiger partial charge in [0.2, 0.25) is 0 Å². The number of hydrogen-bond donors (Lipinski definition) is 2. The minimum atomic E-state index is -0.959. The van der Waals surface area contributed by atoms with Crippen LogP contribution in [0.3, 0.4) is 0 Å². The van der Waals surface area contributed by atoms with E-state index in [-0.39, 0.29) is 24.4 Å². The molecule has 10 heteroatoms. The molecule has 0 bridgehead atoms. The molecule has 2 N–H and O–H groups in total. The van der Waals surface area contributed by atoms with Crippen LogP contribution in [-0.4, -0.2) is 57.8 Å². The fraction of sp³-hybridized carbons (Fsp3) is 0.500. The molecule has 0 saturated carbocycles. The molecule has 2 aromatic rings. The van der Waals surface area contributed by atoms with Crippen LogP contribution < -0.4 is 15.0 Å². The van der Waals surface area contributed by atoms with Crippen molar-refractivity contribution in [3.05, 3.63) is 41.2 Å². The number of nitrogens with one attached hydrogen (secondary N) is 1. The average Bonchev–Trinajstić information content (AvgIpc) is 2.75. The number of piperidine rings is 1. The maximum Gasteiger partial charge on any atom is 0.407 e. The summed E-state index contributed by atoms with van der Waals surface area (Å²) in [4.78, 5) is 24.4. The lowest BCUT2D eigenvalue weighted by atomic mass is 10.1. The number of nitrogens with zero attached hydrogens (tertiary/aromatic N) is 4. The summed E-state index contributed by atoms with van der Waals surface area (Å²) < 4.78 is 32.8. The number of hydrogen-bond acceptors (Lipinski definition) is 6. The Morgan fingerprint density at radius 1 is 1.19 bits per heavy atom. The van der Waals surface area contributed by atoms with Crippen LogP contribution in [0.1, 0.15) is 38.1 Å². The first-order valence-electron chi connectivity index (χ1n) is 10.8. The molecule has 0 spiro atoms. The van der Waals surface area contributed by atoms with E-state index < -0.39 is 17.7 Å². The van der Waals surface area contributed by atoms with Crippen molar-refractivity contribution in [2.75, 3.05) is 29.9 Å². The molecule has 1 fully saturated rings. The van der Waals surface area contributed by atoms with E-state index in [2.05, 4.69) is 10.2 Å². The SMILES string of the molecule is CC(C)Nc1nc2c(nc1N1CCC(Oc3ccc(F)cc3F)CC1)CCN(C(=O)O)C2. The molecular weight excluding hydrogens is 420 g/mol. The lowest BCUT2D eigenvalue weighted by Gasteiger charge is -2.35. The molecule has 1 amide bonds. The van der Waals surface area contributed by atoms with Crippen LogP contribution in [0.4, 0.5) is 25.2 Å². The Morgan fingerprint density at radius 3 is 2.59 bits per heavy atom. The van der Waals surface area contributed by atoms with E-state index in [9.17, 15) is 18.7 Å². The normalized spacial score (nSPS) is 16.8. The Labute approximate surface area is 185 Å². The second-order valence-electron chi connectivity index (χ2n) is 8.42. The second-order valence-corrected chi connectivity index (χ2v) is 8.42. The average molecular weight is 447 g/mol. The monoisotopic (exact) mass is 447 g/mol. The molecule has 1 aromatic heterocycles. The number of aromatic nitrogens is 2. The van der Waals surface area contributed by atoms with E-state index in [0.29, 0.717) is 50.4 Å². The molecular formula is C22H27F2N5O3. The third kappa shape index (κ3) is 4.84. The van der Waals surface area contributed by atoms with Gasteiger partial charge in [0.05, 0.1) is 17.9 Å². The van der Waals surface area contributed by atoms with Crippen LogP contribution in [0.2, 0.25) is 0 Å². The lowest BCUT2D eigenvalue weighted by molar-refractivity contribution is 0.138. The van der Waals surface area contributed by atoms with Gasteiger partial charge in [-0.3, -0.25) is 0 Å². The summed E-state index contributed by atoms with van der Waals surface area (Å²) in [7, 11) is 0. The number of benzene rings is 1. The van der Waals surface area contributed by atoms with Crippen molar-refractivity contribution >= 4 is 17.7 Å². The Hall–Kier alpha value is -3.17. The smallest absolute Gasteiger partial charge is 0.407 e. The number of carbonyl (C=O) groups is 1. The fourth-order valence-corrected chi connectivity index (χ4v) is 4.01. The van der Waals surface area contributed by atoms with Crippen molar-refractivity contribution in [1.82, 2.24) is 14.9 Å². The summed E-state index contributed by atoms with van der Waals surface area (Å²) in [6.07, 6.45) is 0.696. The molecule has 8 nitrogen and oxygen atoms in total. The van der Waals surface area contributed by atoms with Crippen molar-refractivity contribution in [1.29, 1.82) is 0 Å². The highest BCUT2D eigenvalue weighted by Crippen LogP contribution is 2.30. The highest BCUT2D eigenvalue weighted by Gasteiger charge is 2.28. The number of ether oxygens (including phenoxy) is 1. The zero-order valence-corrected chi connectivity index (χ0v) is 18.1. The lowest BCUT2D eigenvalue weighted by Crippen LogP contribution is -2.40. The fourth-order valence-electron chi connectivity index (χ4n) is 4.01. The Morgan fingerprint density at radius 2 is 1.94 bits per heavy atom. The van der Waals surface area contributed by atoms with Crippen molar-refractivity contribution in [3.8, 4) is 5.75 Å². The summed E-state index contributed by atoms with van der Waals surface area (Å²) >= 11 is 0. The van der Waals surface area contributed by atoms with E-state index in [4.69, 9.17) is 14.7 Å². The van der Waals surface area contributed by atoms with Crippen molar-refractivity contribution in [2.24, 2.45) is 0 Å². The highest BCUT2D eigenvalue weighted by atomic mass is 19.1. The van der Waals surface area contributed by atoms with Crippen LogP contribution >= 0.6 is 0 Å². The van der Waals surface area contributed by atoms with Gasteiger partial charge in [-0.1, -0.05) is 0 Å². The highest BCUT2D eigenvalue weighted by molar-refractivity contribution is 5.66. The van der Waals surface area contributed by atoms with Crippen LogP contribution in [0.5, 0.6) is 5.75 Å². The van der Waals surface area contributed by atoms with Crippen LogP contribution in [0.25, 0.3) is 0 Å². The first-order chi connectivity index (χ1) is 15.3. The van der Waals surface area contributed by atoms with Gasteiger partial charge in [-0.05, 0) is 26.0 Å². The molecule has 32 heavy (non-hydrogen) atoms. The summed E-state index contributed by atoms with van der Waals surface area (Å²) in [5.41, 5.74) is 1.49. The Balaban J connectivity index is 1.49. The molecule has 0 aliphatic carbocycles. The van der Waals surface area contributed by atoms with Gasteiger partial charge in [-0.25, -0.2) is 23.5 Å². The third-order valence-corrected chi connectivity index (χ3v) is 5.62. The standard InChI is InChI=1S/C22H27F2N5O3/c1-13(2)25-20-21(27-17-7-10-29(22(30)31)12-18(17)26-20)28-8-5-15(6-9-28)32-19-4-3-14(23)11-16(19)24/h3-4,11,13,15H,5-10,12H2,1-2H3,(H,25,26)(H,30,31). The number of rotatable bonds is 5. The van der Waals surface area contributed by atoms with E-state index in [0.717, 1.165) is 17.6 Å². The Kier molecular flexibility index (Phi) is 6.29. The number of amides is 1. The summed E-state index contributed by atoms with van der Waals surface area (Å²) in [6.45, 7) is 5.93. The van der Waals surface area contributed by atoms with Crippen LogP contribution in [-0.2, 0) is 13.0 Å². The van der Waals surface area contributed by atoms with E-state index in [1.54, 1.807) is 0 Å². The minimum absolute atomic E-state index is 0.0589. The molecule has 2 aliphatic heterocycles. The first-order valence-corrected chi connectivity index (χ1v) is 10.8. The zero-order valence-electron chi connectivity index (χ0n) is 18.1. The predicted molar refractivity (Wildman–Crippen MR) is 115 cm³/mol. The van der Waals surface area contributed by atoms with Gasteiger partial charge in [0, 0.05) is 51.0 Å². The maximum absolute atomic E-state index is 13.9. The summed E-state index contributed by atoms with van der Waals surface area (Å²) in [5.74, 6) is 0.102. The van der Waals surface area contributed by atoms with E-state index in [1.807, 2.05) is 13.8 Å². The van der Waals surface area contributed by atoms with Crippen molar-refractivity contribution in [3.63, 3.8) is 0 Å². The largest absolute Gasteiger partial charge is 0.487 e. The molecule has 1 aromatic carbocycles. The Bertz CT molecular complexity index is 996. The van der Waals surface area contributed by atoms with Gasteiger partial charge in [-0.2, -0.15) is 0 Å². The minimum Gasteiger partial charge on any atom is -0.487 e.